The number of nitrogens with two attached hydrogens (primary N) is 1. The zero-order valence-electron chi connectivity index (χ0n) is 13.0. The van der Waals surface area contributed by atoms with E-state index in [-0.39, 0.29) is 18.0 Å². The van der Waals surface area contributed by atoms with Gasteiger partial charge >= 0.3 is 0 Å². The Morgan fingerprint density at radius 1 is 1.12 bits per heavy atom. The highest BCUT2D eigenvalue weighted by molar-refractivity contribution is 9.10. The molecule has 2 heterocycles. The summed E-state index contributed by atoms with van der Waals surface area (Å²) in [6, 6.07) is 13.9. The molecule has 5 nitrogen and oxygen atoms in total. The highest BCUT2D eigenvalue weighted by atomic mass is 79.9. The van der Waals surface area contributed by atoms with Crippen molar-refractivity contribution < 1.29 is 0 Å². The van der Waals surface area contributed by atoms with E-state index in [2.05, 4.69) is 43.5 Å². The molecule has 4 rings (SSSR count). The quantitative estimate of drug-likeness (QED) is 0.585. The predicted molar refractivity (Wildman–Crippen MR) is 104 cm³/mol. The Bertz CT molecular complexity index is 943. The number of rotatable bonds is 2. The average Bonchev–Trinajstić information content (AvgIpc) is 2.96. The van der Waals surface area contributed by atoms with Gasteiger partial charge in [0, 0.05) is 4.47 Å². The van der Waals surface area contributed by atoms with Crippen LogP contribution in [-0.2, 0) is 0 Å². The van der Waals surface area contributed by atoms with Crippen LogP contribution in [0.4, 0.5) is 11.9 Å². The van der Waals surface area contributed by atoms with Gasteiger partial charge in [-0.3, -0.25) is 0 Å². The number of anilines is 2. The molecule has 0 spiro atoms. The number of fused-ring (bicyclic) bond motifs is 1. The summed E-state index contributed by atoms with van der Waals surface area (Å²) in [5.41, 5.74) is 8.00. The second-order valence-corrected chi connectivity index (χ2v) is 7.65. The minimum atomic E-state index is 0.0120. The van der Waals surface area contributed by atoms with E-state index in [9.17, 15) is 0 Å². The Morgan fingerprint density at radius 3 is 2.72 bits per heavy atom. The first-order valence-corrected chi connectivity index (χ1v) is 9.25. The zero-order chi connectivity index (χ0) is 17.6. The van der Waals surface area contributed by atoms with E-state index in [0.29, 0.717) is 16.0 Å². The van der Waals surface area contributed by atoms with Crippen LogP contribution in [0.2, 0.25) is 10.0 Å². The van der Waals surface area contributed by atoms with Crippen molar-refractivity contribution in [3.05, 3.63) is 68.1 Å². The van der Waals surface area contributed by atoms with Crippen LogP contribution in [0.3, 0.4) is 0 Å². The molecule has 0 amide bonds. The van der Waals surface area contributed by atoms with Gasteiger partial charge in [0.25, 0.3) is 0 Å². The number of hydrogen-bond donors (Lipinski definition) is 2. The molecule has 3 aromatic rings. The maximum absolute atomic E-state index is 6.19. The predicted octanol–water partition coefficient (Wildman–Crippen LogP) is 5.08. The van der Waals surface area contributed by atoms with Gasteiger partial charge in [-0.2, -0.15) is 4.98 Å². The standard InChI is InChI=1S/C17H14BrCl2N5/c18-11-3-1-2-10(6-11)15-8-14(9-4-5-12(19)13(20)7-9)22-17-23-16(21)24-25(15)17/h1-7,14-15H,8H2,(H3,21,22,23,24)/t14-,15+/m0/s1. The molecule has 0 aliphatic carbocycles. The molecule has 2 atom stereocenters. The van der Waals surface area contributed by atoms with Crippen LogP contribution < -0.4 is 11.1 Å². The molecule has 2 aromatic carbocycles. The summed E-state index contributed by atoms with van der Waals surface area (Å²) in [7, 11) is 0. The van der Waals surface area contributed by atoms with Crippen molar-refractivity contribution in [3.63, 3.8) is 0 Å². The van der Waals surface area contributed by atoms with Crippen molar-refractivity contribution in [2.24, 2.45) is 0 Å². The third kappa shape index (κ3) is 3.21. The number of nitrogens with zero attached hydrogens (tertiary/aromatic N) is 3. The molecular formula is C17H14BrCl2N5. The summed E-state index contributed by atoms with van der Waals surface area (Å²) >= 11 is 15.8. The van der Waals surface area contributed by atoms with E-state index < -0.39 is 0 Å². The maximum Gasteiger partial charge on any atom is 0.241 e. The molecule has 3 N–H and O–H groups in total. The third-order valence-corrected chi connectivity index (χ3v) is 5.52. The third-order valence-electron chi connectivity index (χ3n) is 4.28. The molecule has 8 heteroatoms. The summed E-state index contributed by atoms with van der Waals surface area (Å²) in [5, 5.41) is 8.82. The van der Waals surface area contributed by atoms with Crippen molar-refractivity contribution in [1.82, 2.24) is 14.8 Å². The summed E-state index contributed by atoms with van der Waals surface area (Å²) < 4.78 is 2.86. The van der Waals surface area contributed by atoms with E-state index in [1.807, 2.05) is 35.0 Å². The van der Waals surface area contributed by atoms with Crippen LogP contribution >= 0.6 is 39.1 Å². The Hall–Kier alpha value is -1.76. The number of nitrogen functional groups attached to an aromatic ring is 1. The van der Waals surface area contributed by atoms with Crippen LogP contribution in [0.25, 0.3) is 0 Å². The number of benzene rings is 2. The second-order valence-electron chi connectivity index (χ2n) is 5.92. The molecule has 1 aromatic heterocycles. The molecule has 0 radical (unpaired) electrons. The molecule has 25 heavy (non-hydrogen) atoms. The van der Waals surface area contributed by atoms with Gasteiger partial charge in [-0.25, -0.2) is 4.68 Å². The molecule has 0 bridgehead atoms. The fourth-order valence-electron chi connectivity index (χ4n) is 3.13. The molecule has 0 fully saturated rings. The lowest BCUT2D eigenvalue weighted by Gasteiger charge is -2.32. The highest BCUT2D eigenvalue weighted by Gasteiger charge is 2.31. The van der Waals surface area contributed by atoms with Crippen LogP contribution in [0.15, 0.2) is 46.9 Å². The Labute approximate surface area is 163 Å². The van der Waals surface area contributed by atoms with Crippen LogP contribution in [0, 0.1) is 0 Å². The van der Waals surface area contributed by atoms with Crippen molar-refractivity contribution in [2.45, 2.75) is 18.5 Å². The molecule has 128 valence electrons. The lowest BCUT2D eigenvalue weighted by atomic mass is 9.93. The summed E-state index contributed by atoms with van der Waals surface area (Å²) in [6.45, 7) is 0. The first-order chi connectivity index (χ1) is 12.0. The van der Waals surface area contributed by atoms with Crippen LogP contribution in [-0.4, -0.2) is 14.8 Å². The topological polar surface area (TPSA) is 68.8 Å². The van der Waals surface area contributed by atoms with Gasteiger partial charge < -0.3 is 11.1 Å². The van der Waals surface area contributed by atoms with E-state index in [0.717, 1.165) is 22.0 Å². The largest absolute Gasteiger partial charge is 0.366 e. The van der Waals surface area contributed by atoms with E-state index in [1.54, 1.807) is 0 Å². The van der Waals surface area contributed by atoms with Gasteiger partial charge in [0.2, 0.25) is 11.9 Å². The molecule has 0 saturated heterocycles. The average molecular weight is 439 g/mol. The normalized spacial score (nSPS) is 19.3. The van der Waals surface area contributed by atoms with Gasteiger partial charge in [0.05, 0.1) is 22.1 Å². The number of hydrogen-bond acceptors (Lipinski definition) is 4. The molecular weight excluding hydrogens is 425 g/mol. The zero-order valence-corrected chi connectivity index (χ0v) is 16.1. The smallest absolute Gasteiger partial charge is 0.241 e. The molecule has 1 aliphatic heterocycles. The van der Waals surface area contributed by atoms with Gasteiger partial charge in [-0.1, -0.05) is 57.3 Å². The van der Waals surface area contributed by atoms with Gasteiger partial charge in [0.15, 0.2) is 0 Å². The monoisotopic (exact) mass is 437 g/mol. The minimum absolute atomic E-state index is 0.0120. The van der Waals surface area contributed by atoms with Crippen molar-refractivity contribution in [1.29, 1.82) is 0 Å². The van der Waals surface area contributed by atoms with Gasteiger partial charge in [0.1, 0.15) is 0 Å². The minimum Gasteiger partial charge on any atom is -0.366 e. The molecule has 0 saturated carbocycles. The van der Waals surface area contributed by atoms with Crippen molar-refractivity contribution in [3.8, 4) is 0 Å². The number of nitrogens with one attached hydrogen (secondary N) is 1. The molecule has 1 aliphatic rings. The van der Waals surface area contributed by atoms with Crippen molar-refractivity contribution in [2.75, 3.05) is 11.1 Å². The van der Waals surface area contributed by atoms with Crippen LogP contribution in [0.1, 0.15) is 29.6 Å². The van der Waals surface area contributed by atoms with Gasteiger partial charge in [-0.05, 0) is 41.8 Å². The maximum atomic E-state index is 6.19. The van der Waals surface area contributed by atoms with E-state index >= 15 is 0 Å². The van der Waals surface area contributed by atoms with E-state index in [1.165, 1.54) is 0 Å². The summed E-state index contributed by atoms with van der Waals surface area (Å²) in [5.74, 6) is 0.891. The summed E-state index contributed by atoms with van der Waals surface area (Å²) in [6.07, 6.45) is 0.782. The fraction of sp³-hybridized carbons (Fsp3) is 0.176. The second kappa shape index (κ2) is 6.52. The Balaban J connectivity index is 1.77. The van der Waals surface area contributed by atoms with Crippen molar-refractivity contribution >= 4 is 51.0 Å². The Kier molecular flexibility index (Phi) is 4.35. The Morgan fingerprint density at radius 2 is 1.96 bits per heavy atom. The number of aromatic nitrogens is 3. The summed E-state index contributed by atoms with van der Waals surface area (Å²) in [4.78, 5) is 4.31. The van der Waals surface area contributed by atoms with E-state index in [4.69, 9.17) is 28.9 Å². The SMILES string of the molecule is Nc1nc2n(n1)[C@@H](c1cccc(Br)c1)C[C@@H](c1ccc(Cl)c(Cl)c1)N2. The highest BCUT2D eigenvalue weighted by Crippen LogP contribution is 2.39. The van der Waals surface area contributed by atoms with Crippen LogP contribution in [0.5, 0.6) is 0 Å². The lowest BCUT2D eigenvalue weighted by Crippen LogP contribution is -2.28. The molecule has 0 unspecified atom stereocenters. The first-order valence-electron chi connectivity index (χ1n) is 7.70. The fourth-order valence-corrected chi connectivity index (χ4v) is 3.86. The first kappa shape index (κ1) is 16.7. The van der Waals surface area contributed by atoms with Gasteiger partial charge in [-0.15, -0.1) is 5.10 Å². The lowest BCUT2D eigenvalue weighted by molar-refractivity contribution is 0.431. The number of halogens is 3.